The smallest absolute Gasteiger partial charge is 0.254 e. The fourth-order valence-electron chi connectivity index (χ4n) is 4.71. The van der Waals surface area contributed by atoms with Gasteiger partial charge in [-0.25, -0.2) is 0 Å². The molecule has 2 atom stereocenters. The molecular weight excluding hydrogens is 390 g/mol. The quantitative estimate of drug-likeness (QED) is 0.630. The summed E-state index contributed by atoms with van der Waals surface area (Å²) in [5, 5.41) is 1.03. The molecule has 2 unspecified atom stereocenters. The van der Waals surface area contributed by atoms with Crippen LogP contribution in [0.15, 0.2) is 54.7 Å². The molecule has 1 aliphatic heterocycles. The summed E-state index contributed by atoms with van der Waals surface area (Å²) >= 11 is 0. The van der Waals surface area contributed by atoms with Crippen LogP contribution >= 0.6 is 0 Å². The lowest BCUT2D eigenvalue weighted by Crippen LogP contribution is -2.49. The molecule has 0 saturated heterocycles. The van der Waals surface area contributed by atoms with Crippen LogP contribution in [0.25, 0.3) is 10.9 Å². The Hall–Kier alpha value is -3.12. The van der Waals surface area contributed by atoms with E-state index in [1.165, 1.54) is 0 Å². The van der Waals surface area contributed by atoms with Gasteiger partial charge < -0.3 is 19.5 Å². The summed E-state index contributed by atoms with van der Waals surface area (Å²) in [5.74, 6) is -0.501. The lowest BCUT2D eigenvalue weighted by molar-refractivity contribution is -0.134. The van der Waals surface area contributed by atoms with E-state index in [9.17, 15) is 9.59 Å². The summed E-state index contributed by atoms with van der Waals surface area (Å²) in [6, 6.07) is 15.1. The lowest BCUT2D eigenvalue weighted by atomic mass is 9.78. The maximum Gasteiger partial charge on any atom is 0.254 e. The second kappa shape index (κ2) is 8.94. The Labute approximate surface area is 182 Å². The predicted octanol–water partition coefficient (Wildman–Crippen LogP) is 3.96. The van der Waals surface area contributed by atoms with Crippen LogP contribution in [-0.4, -0.2) is 59.9 Å². The van der Waals surface area contributed by atoms with Gasteiger partial charge in [-0.05, 0) is 31.5 Å². The number of hydrogen-bond donors (Lipinski definition) is 1. The van der Waals surface area contributed by atoms with Crippen LogP contribution in [0.4, 0.5) is 0 Å². The van der Waals surface area contributed by atoms with Crippen LogP contribution in [0, 0.1) is 0 Å². The van der Waals surface area contributed by atoms with Gasteiger partial charge in [-0.2, -0.15) is 0 Å². The van der Waals surface area contributed by atoms with Crippen molar-refractivity contribution in [3.8, 4) is 0 Å². The summed E-state index contributed by atoms with van der Waals surface area (Å²) in [5.41, 5.74) is 3.35. The Kier molecular flexibility index (Phi) is 6.09. The van der Waals surface area contributed by atoms with Gasteiger partial charge in [0, 0.05) is 55.0 Å². The highest BCUT2D eigenvalue weighted by atomic mass is 16.5. The highest BCUT2D eigenvalue weighted by Crippen LogP contribution is 2.45. The number of carbonyl (C=O) groups is 2. The largest absolute Gasteiger partial charge is 0.383 e. The molecule has 4 rings (SSSR count). The maximum absolute atomic E-state index is 13.8. The van der Waals surface area contributed by atoms with Gasteiger partial charge in [-0.1, -0.05) is 36.4 Å². The topological polar surface area (TPSA) is 65.6 Å². The average Bonchev–Trinajstić information content (AvgIpc) is 3.23. The molecule has 0 bridgehead atoms. The molecule has 1 aromatic heterocycles. The standard InChI is InChI=1S/C25H29N3O3/c1-4-27(5-2)25(30)22-18-11-6-7-12-19(18)24(29)28(14-15-31-3)23(22)20-16-26-21-13-9-8-10-17(20)21/h6-13,16,22-23,26H,4-5,14-15H2,1-3H3. The Morgan fingerprint density at radius 3 is 2.52 bits per heavy atom. The third kappa shape index (κ3) is 3.61. The number of rotatable bonds is 7. The Morgan fingerprint density at radius 1 is 1.06 bits per heavy atom. The number of aromatic amines is 1. The zero-order valence-corrected chi connectivity index (χ0v) is 18.3. The fraction of sp³-hybridized carbons (Fsp3) is 0.360. The van der Waals surface area contributed by atoms with Crippen LogP contribution in [0.5, 0.6) is 0 Å². The molecule has 0 saturated carbocycles. The van der Waals surface area contributed by atoms with Gasteiger partial charge in [0.1, 0.15) is 0 Å². The number of ether oxygens (including phenoxy) is 1. The van der Waals surface area contributed by atoms with Gasteiger partial charge in [0.25, 0.3) is 5.91 Å². The normalized spacial score (nSPS) is 18.3. The van der Waals surface area contributed by atoms with Crippen molar-refractivity contribution in [3.63, 3.8) is 0 Å². The number of methoxy groups -OCH3 is 1. The third-order valence-electron chi connectivity index (χ3n) is 6.26. The second-order valence-electron chi connectivity index (χ2n) is 7.80. The van der Waals surface area contributed by atoms with Crippen molar-refractivity contribution >= 4 is 22.7 Å². The Balaban J connectivity index is 1.95. The number of hydrogen-bond acceptors (Lipinski definition) is 3. The first-order chi connectivity index (χ1) is 15.1. The molecule has 0 fully saturated rings. The monoisotopic (exact) mass is 419 g/mol. The van der Waals surface area contributed by atoms with Crippen LogP contribution in [0.2, 0.25) is 0 Å². The van der Waals surface area contributed by atoms with E-state index in [1.54, 1.807) is 7.11 Å². The van der Waals surface area contributed by atoms with Gasteiger partial charge in [-0.3, -0.25) is 9.59 Å². The molecule has 6 heteroatoms. The molecule has 1 aliphatic rings. The van der Waals surface area contributed by atoms with E-state index in [4.69, 9.17) is 4.74 Å². The van der Waals surface area contributed by atoms with Gasteiger partial charge in [0.15, 0.2) is 0 Å². The SMILES string of the molecule is CCN(CC)C(=O)C1c2ccccc2C(=O)N(CCOC)C1c1c[nH]c2ccccc12. The van der Waals surface area contributed by atoms with E-state index in [0.717, 1.165) is 22.0 Å². The molecule has 3 aromatic rings. The Morgan fingerprint density at radius 2 is 1.77 bits per heavy atom. The molecule has 1 N–H and O–H groups in total. The lowest BCUT2D eigenvalue weighted by Gasteiger charge is -2.43. The molecule has 2 heterocycles. The van der Waals surface area contributed by atoms with E-state index in [2.05, 4.69) is 4.98 Å². The molecule has 0 radical (unpaired) electrons. The van der Waals surface area contributed by atoms with E-state index >= 15 is 0 Å². The number of nitrogens with one attached hydrogen (secondary N) is 1. The average molecular weight is 420 g/mol. The minimum Gasteiger partial charge on any atom is -0.383 e. The minimum atomic E-state index is -0.482. The molecule has 2 amide bonds. The van der Waals surface area contributed by atoms with Gasteiger partial charge in [0.2, 0.25) is 5.91 Å². The van der Waals surface area contributed by atoms with Gasteiger partial charge in [0.05, 0.1) is 18.6 Å². The summed E-state index contributed by atoms with van der Waals surface area (Å²) in [6.45, 7) is 6.05. The second-order valence-corrected chi connectivity index (χ2v) is 7.80. The fourth-order valence-corrected chi connectivity index (χ4v) is 4.71. The number of aromatic nitrogens is 1. The van der Waals surface area contributed by atoms with Crippen molar-refractivity contribution < 1.29 is 14.3 Å². The van der Waals surface area contributed by atoms with Crippen molar-refractivity contribution in [1.29, 1.82) is 0 Å². The highest BCUT2D eigenvalue weighted by Gasteiger charge is 2.45. The molecule has 0 spiro atoms. The van der Waals surface area contributed by atoms with Crippen molar-refractivity contribution in [1.82, 2.24) is 14.8 Å². The van der Waals surface area contributed by atoms with E-state index in [-0.39, 0.29) is 11.8 Å². The number of nitrogens with zero attached hydrogens (tertiary/aromatic N) is 2. The van der Waals surface area contributed by atoms with Crippen LogP contribution < -0.4 is 0 Å². The zero-order valence-electron chi connectivity index (χ0n) is 18.3. The third-order valence-corrected chi connectivity index (χ3v) is 6.26. The van der Waals surface area contributed by atoms with E-state index in [0.29, 0.717) is 31.8 Å². The molecule has 31 heavy (non-hydrogen) atoms. The zero-order chi connectivity index (χ0) is 22.0. The number of amides is 2. The first-order valence-corrected chi connectivity index (χ1v) is 10.9. The van der Waals surface area contributed by atoms with Crippen molar-refractivity contribution in [2.45, 2.75) is 25.8 Å². The van der Waals surface area contributed by atoms with E-state index in [1.807, 2.05) is 78.4 Å². The molecular formula is C25H29N3O3. The van der Waals surface area contributed by atoms with Crippen LogP contribution in [0.1, 0.15) is 47.3 Å². The van der Waals surface area contributed by atoms with E-state index < -0.39 is 12.0 Å². The number of H-pyrrole nitrogens is 1. The summed E-state index contributed by atoms with van der Waals surface area (Å²) < 4.78 is 5.32. The number of benzene rings is 2. The summed E-state index contributed by atoms with van der Waals surface area (Å²) in [7, 11) is 1.63. The van der Waals surface area contributed by atoms with Gasteiger partial charge in [-0.15, -0.1) is 0 Å². The predicted molar refractivity (Wildman–Crippen MR) is 121 cm³/mol. The van der Waals surface area contributed by atoms with Gasteiger partial charge >= 0.3 is 0 Å². The van der Waals surface area contributed by atoms with Crippen LogP contribution in [0.3, 0.4) is 0 Å². The van der Waals surface area contributed by atoms with Crippen molar-refractivity contribution in [2.75, 3.05) is 33.4 Å². The number of carbonyl (C=O) groups excluding carboxylic acids is 2. The number of para-hydroxylation sites is 1. The van der Waals surface area contributed by atoms with Crippen molar-refractivity contribution in [3.05, 3.63) is 71.4 Å². The Bertz CT molecular complexity index is 1090. The first kappa shape index (κ1) is 21.1. The van der Waals surface area contributed by atoms with Crippen LogP contribution in [-0.2, 0) is 9.53 Å². The number of fused-ring (bicyclic) bond motifs is 2. The minimum absolute atomic E-state index is 0.0441. The number of likely N-dealkylation sites (N-methyl/N-ethyl adjacent to an activating group) is 1. The summed E-state index contributed by atoms with van der Waals surface area (Å²) in [6.07, 6.45) is 1.94. The molecule has 162 valence electrons. The first-order valence-electron chi connectivity index (χ1n) is 10.9. The highest BCUT2D eigenvalue weighted by molar-refractivity contribution is 6.02. The maximum atomic E-state index is 13.8. The molecule has 2 aromatic carbocycles. The molecule has 0 aliphatic carbocycles. The van der Waals surface area contributed by atoms with Crippen molar-refractivity contribution in [2.24, 2.45) is 0 Å². The summed E-state index contributed by atoms with van der Waals surface area (Å²) in [4.78, 5) is 34.4. The molecule has 6 nitrogen and oxygen atoms in total.